The topological polar surface area (TPSA) is 35.0 Å². The van der Waals surface area contributed by atoms with Gasteiger partial charge in [0.2, 0.25) is 0 Å². The van der Waals surface area contributed by atoms with E-state index in [1.165, 1.54) is 6.20 Å². The second-order valence-corrected chi connectivity index (χ2v) is 4.39. The molecule has 0 unspecified atom stereocenters. The molecular weight excluding hydrogens is 269 g/mol. The summed E-state index contributed by atoms with van der Waals surface area (Å²) in [6.45, 7) is 1.07. The summed E-state index contributed by atoms with van der Waals surface area (Å²) in [7, 11) is 0. The van der Waals surface area contributed by atoms with Gasteiger partial charge in [0.05, 0.1) is 5.88 Å². The number of hydrogen-bond acceptors (Lipinski definition) is 3. The highest BCUT2D eigenvalue weighted by molar-refractivity contribution is 6.17. The van der Waals surface area contributed by atoms with Crippen molar-refractivity contribution in [2.45, 2.75) is 30.8 Å². The fourth-order valence-corrected chi connectivity index (χ4v) is 2.11. The summed E-state index contributed by atoms with van der Waals surface area (Å²) in [6.07, 6.45) is -2.02. The Kier molecular flexibility index (Phi) is 4.07. The first-order valence-corrected chi connectivity index (χ1v) is 6.12. The van der Waals surface area contributed by atoms with Crippen molar-refractivity contribution in [1.29, 1.82) is 0 Å². The highest BCUT2D eigenvalue weighted by Crippen LogP contribution is 2.33. The molecule has 0 atom stereocenters. The lowest BCUT2D eigenvalue weighted by molar-refractivity contribution is -0.142. The predicted octanol–water partition coefficient (Wildman–Crippen LogP) is 3.13. The number of aromatic nitrogens is 2. The smallest absolute Gasteiger partial charge is 0.381 e. The van der Waals surface area contributed by atoms with E-state index in [0.717, 1.165) is 0 Å². The van der Waals surface area contributed by atoms with Crippen LogP contribution >= 0.6 is 11.6 Å². The van der Waals surface area contributed by atoms with Gasteiger partial charge in [-0.05, 0) is 12.8 Å². The summed E-state index contributed by atoms with van der Waals surface area (Å²) in [6, 6.07) is 0. The Morgan fingerprint density at radius 1 is 1.33 bits per heavy atom. The summed E-state index contributed by atoms with van der Waals surface area (Å²) >= 11 is 5.48. The molecule has 0 N–H and O–H groups in total. The van der Waals surface area contributed by atoms with E-state index < -0.39 is 11.9 Å². The lowest BCUT2D eigenvalue weighted by atomic mass is 9.99. The van der Waals surface area contributed by atoms with Gasteiger partial charge < -0.3 is 4.74 Å². The van der Waals surface area contributed by atoms with Crippen LogP contribution in [0.25, 0.3) is 0 Å². The zero-order valence-corrected chi connectivity index (χ0v) is 10.3. The van der Waals surface area contributed by atoms with Gasteiger partial charge in [0.25, 0.3) is 0 Å². The first kappa shape index (κ1) is 13.5. The maximum absolute atomic E-state index is 12.8. The quantitative estimate of drug-likeness (QED) is 0.781. The number of rotatable bonds is 2. The van der Waals surface area contributed by atoms with Crippen LogP contribution in [-0.2, 0) is 16.8 Å². The summed E-state index contributed by atoms with van der Waals surface area (Å²) in [5.74, 6) is -0.0770. The van der Waals surface area contributed by atoms with Crippen LogP contribution < -0.4 is 0 Å². The largest absolute Gasteiger partial charge is 0.433 e. The molecule has 0 aromatic carbocycles. The van der Waals surface area contributed by atoms with Crippen LogP contribution in [0.3, 0.4) is 0 Å². The molecule has 1 fully saturated rings. The lowest BCUT2D eigenvalue weighted by Crippen LogP contribution is -2.20. The number of nitrogens with zero attached hydrogens (tertiary/aromatic N) is 2. The summed E-state index contributed by atoms with van der Waals surface area (Å²) < 4.78 is 43.6. The molecule has 3 nitrogen and oxygen atoms in total. The van der Waals surface area contributed by atoms with E-state index in [2.05, 4.69) is 9.97 Å². The molecule has 1 saturated heterocycles. The summed E-state index contributed by atoms with van der Waals surface area (Å²) in [5, 5.41) is 0. The number of ether oxygens (including phenoxy) is 1. The Morgan fingerprint density at radius 2 is 2.00 bits per heavy atom. The van der Waals surface area contributed by atoms with Crippen molar-refractivity contribution in [3.63, 3.8) is 0 Å². The Labute approximate surface area is 107 Å². The third-order valence-corrected chi connectivity index (χ3v) is 3.17. The third kappa shape index (κ3) is 2.92. The molecule has 0 aliphatic carbocycles. The van der Waals surface area contributed by atoms with Gasteiger partial charge in [-0.3, -0.25) is 0 Å². The van der Waals surface area contributed by atoms with Gasteiger partial charge in [-0.2, -0.15) is 13.2 Å². The molecule has 1 aromatic heterocycles. The van der Waals surface area contributed by atoms with E-state index >= 15 is 0 Å². The molecule has 1 aliphatic heterocycles. The molecular formula is C11H12ClF3N2O. The summed E-state index contributed by atoms with van der Waals surface area (Å²) in [5.41, 5.74) is -1.01. The van der Waals surface area contributed by atoms with Gasteiger partial charge in [0.1, 0.15) is 5.82 Å². The standard InChI is InChI=1S/C11H12ClF3N2O/c12-5-8-6-16-10(7-1-3-18-4-2-7)17-9(8)11(13,14)15/h6-7H,1-5H2. The summed E-state index contributed by atoms with van der Waals surface area (Å²) in [4.78, 5) is 7.66. The Balaban J connectivity index is 2.33. The second-order valence-electron chi connectivity index (χ2n) is 4.12. The van der Waals surface area contributed by atoms with E-state index in [1.807, 2.05) is 0 Å². The minimum Gasteiger partial charge on any atom is -0.381 e. The monoisotopic (exact) mass is 280 g/mol. The van der Waals surface area contributed by atoms with Crippen molar-refractivity contribution in [2.24, 2.45) is 0 Å². The molecule has 0 saturated carbocycles. The van der Waals surface area contributed by atoms with Gasteiger partial charge in [0.15, 0.2) is 5.69 Å². The Morgan fingerprint density at radius 3 is 2.56 bits per heavy atom. The van der Waals surface area contributed by atoms with Crippen LogP contribution in [-0.4, -0.2) is 23.2 Å². The Bertz CT molecular complexity index is 419. The first-order chi connectivity index (χ1) is 8.52. The molecule has 0 spiro atoms. The van der Waals surface area contributed by atoms with E-state index in [9.17, 15) is 13.2 Å². The van der Waals surface area contributed by atoms with Crippen molar-refractivity contribution >= 4 is 11.6 Å². The van der Waals surface area contributed by atoms with Crippen molar-refractivity contribution < 1.29 is 17.9 Å². The normalized spacial score (nSPS) is 18.0. The second kappa shape index (κ2) is 5.40. The van der Waals surface area contributed by atoms with Crippen LogP contribution in [0.15, 0.2) is 6.20 Å². The number of halogens is 4. The number of alkyl halides is 4. The lowest BCUT2D eigenvalue weighted by Gasteiger charge is -2.21. The predicted molar refractivity (Wildman–Crippen MR) is 59.4 cm³/mol. The van der Waals surface area contributed by atoms with Crippen LogP contribution in [0.1, 0.15) is 35.8 Å². The maximum Gasteiger partial charge on any atom is 0.433 e. The highest BCUT2D eigenvalue weighted by atomic mass is 35.5. The average Bonchev–Trinajstić information content (AvgIpc) is 2.38. The molecule has 0 radical (unpaired) electrons. The zero-order chi connectivity index (χ0) is 13.2. The molecule has 100 valence electrons. The number of hydrogen-bond donors (Lipinski definition) is 0. The zero-order valence-electron chi connectivity index (χ0n) is 9.50. The molecule has 1 aromatic rings. The molecule has 0 amide bonds. The van der Waals surface area contributed by atoms with E-state index in [1.54, 1.807) is 0 Å². The van der Waals surface area contributed by atoms with E-state index in [-0.39, 0.29) is 23.2 Å². The van der Waals surface area contributed by atoms with Gasteiger partial charge in [-0.15, -0.1) is 11.6 Å². The Hall–Kier alpha value is -0.880. The van der Waals surface area contributed by atoms with Crippen LogP contribution in [0, 0.1) is 0 Å². The molecule has 2 rings (SSSR count). The van der Waals surface area contributed by atoms with Crippen LogP contribution in [0.5, 0.6) is 0 Å². The van der Waals surface area contributed by atoms with Gasteiger partial charge in [-0.1, -0.05) is 0 Å². The minimum absolute atomic E-state index is 0.0655. The fraction of sp³-hybridized carbons (Fsp3) is 0.636. The fourth-order valence-electron chi connectivity index (χ4n) is 1.92. The SMILES string of the molecule is FC(F)(F)c1nc(C2CCOCC2)ncc1CCl. The van der Waals surface area contributed by atoms with E-state index in [0.29, 0.717) is 26.1 Å². The van der Waals surface area contributed by atoms with Gasteiger partial charge >= 0.3 is 6.18 Å². The van der Waals surface area contributed by atoms with Gasteiger partial charge in [0, 0.05) is 30.9 Å². The highest BCUT2D eigenvalue weighted by Gasteiger charge is 2.36. The van der Waals surface area contributed by atoms with Crippen LogP contribution in [0.2, 0.25) is 0 Å². The molecule has 18 heavy (non-hydrogen) atoms. The van der Waals surface area contributed by atoms with E-state index in [4.69, 9.17) is 16.3 Å². The minimum atomic E-state index is -4.49. The van der Waals surface area contributed by atoms with Crippen LogP contribution in [0.4, 0.5) is 13.2 Å². The van der Waals surface area contributed by atoms with Crippen molar-refractivity contribution in [2.75, 3.05) is 13.2 Å². The molecule has 7 heteroatoms. The van der Waals surface area contributed by atoms with Crippen molar-refractivity contribution in [3.05, 3.63) is 23.3 Å². The maximum atomic E-state index is 12.8. The van der Waals surface area contributed by atoms with Gasteiger partial charge in [-0.25, -0.2) is 9.97 Å². The molecule has 0 bridgehead atoms. The average molecular weight is 281 g/mol. The van der Waals surface area contributed by atoms with Crippen molar-refractivity contribution in [1.82, 2.24) is 9.97 Å². The molecule has 2 heterocycles. The molecule has 1 aliphatic rings. The first-order valence-electron chi connectivity index (χ1n) is 5.59. The third-order valence-electron chi connectivity index (χ3n) is 2.88. The van der Waals surface area contributed by atoms with Crippen molar-refractivity contribution in [3.8, 4) is 0 Å².